The van der Waals surface area contributed by atoms with Gasteiger partial charge in [-0.1, -0.05) is 11.6 Å². The molecule has 2 aromatic rings. The van der Waals surface area contributed by atoms with Crippen LogP contribution in [0.3, 0.4) is 0 Å². The number of fused-ring (bicyclic) bond motifs is 1. The molecule has 1 aromatic heterocycles. The second-order valence-electron chi connectivity index (χ2n) is 5.43. The number of benzene rings is 1. The van der Waals surface area contributed by atoms with Gasteiger partial charge in [0.25, 0.3) is 0 Å². The lowest BCUT2D eigenvalue weighted by Crippen LogP contribution is -2.30. The van der Waals surface area contributed by atoms with Crippen molar-refractivity contribution in [3.05, 3.63) is 46.7 Å². The number of pyridine rings is 1. The Bertz CT molecular complexity index is 691. The molecule has 5 heteroatoms. The zero-order chi connectivity index (χ0) is 16.2. The van der Waals surface area contributed by atoms with Crippen molar-refractivity contribution >= 4 is 17.3 Å². The van der Waals surface area contributed by atoms with Gasteiger partial charge in [0.15, 0.2) is 11.5 Å². The zero-order valence-electron chi connectivity index (χ0n) is 13.5. The summed E-state index contributed by atoms with van der Waals surface area (Å²) >= 11 is 6.28. The summed E-state index contributed by atoms with van der Waals surface area (Å²) in [5.74, 6) is 1.65. The fraction of sp³-hybridized carbons (Fsp3) is 0.389. The molecule has 1 aliphatic heterocycles. The molecule has 4 nitrogen and oxygen atoms in total. The van der Waals surface area contributed by atoms with Crippen molar-refractivity contribution in [1.82, 2.24) is 4.98 Å². The van der Waals surface area contributed by atoms with Crippen LogP contribution in [0.5, 0.6) is 11.5 Å². The van der Waals surface area contributed by atoms with Gasteiger partial charge in [-0.05, 0) is 49.6 Å². The first-order chi connectivity index (χ1) is 11.2. The summed E-state index contributed by atoms with van der Waals surface area (Å²) in [4.78, 5) is 6.34. The Labute approximate surface area is 142 Å². The number of rotatable bonds is 5. The third-order valence-corrected chi connectivity index (χ3v) is 4.26. The van der Waals surface area contributed by atoms with Crippen LogP contribution in [0.15, 0.2) is 30.6 Å². The van der Waals surface area contributed by atoms with Crippen molar-refractivity contribution in [3.63, 3.8) is 0 Å². The quantitative estimate of drug-likeness (QED) is 0.825. The summed E-state index contributed by atoms with van der Waals surface area (Å²) < 4.78 is 11.5. The van der Waals surface area contributed by atoms with E-state index in [2.05, 4.69) is 22.0 Å². The third kappa shape index (κ3) is 3.37. The lowest BCUT2D eigenvalue weighted by molar-refractivity contribution is 0.287. The van der Waals surface area contributed by atoms with E-state index < -0.39 is 0 Å². The summed E-state index contributed by atoms with van der Waals surface area (Å²) in [5, 5.41) is 0.687. The van der Waals surface area contributed by atoms with Crippen molar-refractivity contribution in [3.8, 4) is 11.5 Å². The van der Waals surface area contributed by atoms with E-state index in [0.29, 0.717) is 18.2 Å². The Morgan fingerprint density at radius 3 is 2.48 bits per heavy atom. The smallest absolute Gasteiger partial charge is 0.161 e. The second-order valence-corrected chi connectivity index (χ2v) is 5.84. The average molecular weight is 333 g/mol. The first-order valence-electron chi connectivity index (χ1n) is 7.98. The van der Waals surface area contributed by atoms with Crippen molar-refractivity contribution in [2.75, 3.05) is 24.7 Å². The SMILES string of the molecule is CCOc1cc2c(cc1OCC)CN(c1ccncc1Cl)CC2. The topological polar surface area (TPSA) is 34.6 Å². The Kier molecular flexibility index (Phi) is 4.91. The lowest BCUT2D eigenvalue weighted by Gasteiger charge is -2.32. The molecule has 0 spiro atoms. The molecule has 3 rings (SSSR count). The minimum atomic E-state index is 0.624. The van der Waals surface area contributed by atoms with Crippen molar-refractivity contribution < 1.29 is 9.47 Å². The third-order valence-electron chi connectivity index (χ3n) is 3.97. The maximum atomic E-state index is 6.28. The Morgan fingerprint density at radius 1 is 1.13 bits per heavy atom. The summed E-state index contributed by atoms with van der Waals surface area (Å²) in [5.41, 5.74) is 3.61. The van der Waals surface area contributed by atoms with Crippen LogP contribution in [0.2, 0.25) is 5.02 Å². The van der Waals surface area contributed by atoms with Gasteiger partial charge in [-0.15, -0.1) is 0 Å². The largest absolute Gasteiger partial charge is 0.490 e. The Hall–Kier alpha value is -1.94. The second kappa shape index (κ2) is 7.09. The summed E-state index contributed by atoms with van der Waals surface area (Å²) in [6, 6.07) is 6.19. The first kappa shape index (κ1) is 15.9. The number of nitrogens with zero attached hydrogens (tertiary/aromatic N) is 2. The number of aromatic nitrogens is 1. The molecule has 0 aliphatic carbocycles. The van der Waals surface area contributed by atoms with E-state index in [-0.39, 0.29) is 0 Å². The molecule has 0 fully saturated rings. The zero-order valence-corrected chi connectivity index (χ0v) is 14.3. The fourth-order valence-electron chi connectivity index (χ4n) is 2.93. The monoisotopic (exact) mass is 332 g/mol. The molecule has 2 heterocycles. The highest BCUT2D eigenvalue weighted by Gasteiger charge is 2.21. The molecule has 0 atom stereocenters. The minimum Gasteiger partial charge on any atom is -0.490 e. The van der Waals surface area contributed by atoms with Gasteiger partial charge in [0, 0.05) is 25.5 Å². The number of anilines is 1. The number of hydrogen-bond acceptors (Lipinski definition) is 4. The van der Waals surface area contributed by atoms with E-state index in [0.717, 1.165) is 36.7 Å². The molecule has 23 heavy (non-hydrogen) atoms. The molecule has 0 N–H and O–H groups in total. The van der Waals surface area contributed by atoms with E-state index in [9.17, 15) is 0 Å². The molecule has 1 aliphatic rings. The highest BCUT2D eigenvalue weighted by atomic mass is 35.5. The van der Waals surface area contributed by atoms with Crippen LogP contribution in [-0.2, 0) is 13.0 Å². The van der Waals surface area contributed by atoms with Gasteiger partial charge < -0.3 is 14.4 Å². The van der Waals surface area contributed by atoms with Crippen LogP contribution in [0.25, 0.3) is 0 Å². The first-order valence-corrected chi connectivity index (χ1v) is 8.36. The van der Waals surface area contributed by atoms with Gasteiger partial charge in [-0.2, -0.15) is 0 Å². The summed E-state index contributed by atoms with van der Waals surface area (Å²) in [6.45, 7) is 6.97. The van der Waals surface area contributed by atoms with E-state index >= 15 is 0 Å². The highest BCUT2D eigenvalue weighted by Crippen LogP contribution is 2.36. The van der Waals surface area contributed by atoms with Gasteiger partial charge in [0.05, 0.1) is 23.9 Å². The lowest BCUT2D eigenvalue weighted by atomic mass is 9.98. The normalized spacial score (nSPS) is 13.6. The molecule has 0 bridgehead atoms. The minimum absolute atomic E-state index is 0.624. The molecule has 0 saturated heterocycles. The van der Waals surface area contributed by atoms with Crippen LogP contribution >= 0.6 is 11.6 Å². The van der Waals surface area contributed by atoms with Crippen LogP contribution < -0.4 is 14.4 Å². The van der Waals surface area contributed by atoms with Gasteiger partial charge in [-0.3, -0.25) is 4.98 Å². The fourth-order valence-corrected chi connectivity index (χ4v) is 3.17. The maximum Gasteiger partial charge on any atom is 0.161 e. The number of hydrogen-bond donors (Lipinski definition) is 0. The summed E-state index contributed by atoms with van der Waals surface area (Å²) in [7, 11) is 0. The molecule has 0 amide bonds. The van der Waals surface area contributed by atoms with Crippen molar-refractivity contribution in [2.45, 2.75) is 26.8 Å². The van der Waals surface area contributed by atoms with E-state index in [4.69, 9.17) is 21.1 Å². The van der Waals surface area contributed by atoms with E-state index in [1.54, 1.807) is 12.4 Å². The van der Waals surface area contributed by atoms with Crippen molar-refractivity contribution in [2.24, 2.45) is 0 Å². The number of halogens is 1. The standard InChI is InChI=1S/C18H21ClN2O2/c1-3-22-17-9-13-6-8-21(16-5-7-20-11-15(16)19)12-14(13)10-18(17)23-4-2/h5,7,9-11H,3-4,6,8,12H2,1-2H3. The van der Waals surface area contributed by atoms with Gasteiger partial charge >= 0.3 is 0 Å². The molecular formula is C18H21ClN2O2. The van der Waals surface area contributed by atoms with Crippen LogP contribution in [-0.4, -0.2) is 24.7 Å². The number of ether oxygens (including phenoxy) is 2. The van der Waals surface area contributed by atoms with Crippen molar-refractivity contribution in [1.29, 1.82) is 0 Å². The maximum absolute atomic E-state index is 6.28. The predicted molar refractivity (Wildman–Crippen MR) is 92.8 cm³/mol. The van der Waals surface area contributed by atoms with E-state index in [1.807, 2.05) is 19.9 Å². The summed E-state index contributed by atoms with van der Waals surface area (Å²) in [6.07, 6.45) is 4.43. The van der Waals surface area contributed by atoms with E-state index in [1.165, 1.54) is 11.1 Å². The molecular weight excluding hydrogens is 312 g/mol. The predicted octanol–water partition coefficient (Wildman–Crippen LogP) is 4.10. The molecule has 1 aromatic carbocycles. The molecule has 0 unspecified atom stereocenters. The Morgan fingerprint density at radius 2 is 1.83 bits per heavy atom. The van der Waals surface area contributed by atoms with Crippen LogP contribution in [0, 0.1) is 0 Å². The Balaban J connectivity index is 1.91. The average Bonchev–Trinajstić information content (AvgIpc) is 2.56. The molecule has 0 saturated carbocycles. The van der Waals surface area contributed by atoms with Gasteiger partial charge in [-0.25, -0.2) is 0 Å². The molecule has 0 radical (unpaired) electrons. The van der Waals surface area contributed by atoms with Crippen LogP contribution in [0.4, 0.5) is 5.69 Å². The van der Waals surface area contributed by atoms with Gasteiger partial charge in [0.1, 0.15) is 0 Å². The molecule has 122 valence electrons. The van der Waals surface area contributed by atoms with Crippen LogP contribution in [0.1, 0.15) is 25.0 Å². The van der Waals surface area contributed by atoms with Gasteiger partial charge in [0.2, 0.25) is 0 Å². The highest BCUT2D eigenvalue weighted by molar-refractivity contribution is 6.33.